The quantitative estimate of drug-likeness (QED) is 0.636. The van der Waals surface area contributed by atoms with E-state index in [0.717, 1.165) is 5.56 Å². The molecule has 0 unspecified atom stereocenters. The first-order valence-electron chi connectivity index (χ1n) is 6.50. The maximum absolute atomic E-state index is 10.4. The van der Waals surface area contributed by atoms with Crippen LogP contribution in [0.25, 0.3) is 0 Å². The highest BCUT2D eigenvalue weighted by Crippen LogP contribution is 2.22. The maximum atomic E-state index is 10.4. The minimum absolute atomic E-state index is 0.347. The minimum Gasteiger partial charge on any atom is -0.546 e. The Morgan fingerprint density at radius 3 is 2.87 bits per heavy atom. The lowest BCUT2D eigenvalue weighted by Crippen LogP contribution is -2.28. The molecule has 1 heterocycles. The highest BCUT2D eigenvalue weighted by atomic mass is 35.5. The van der Waals surface area contributed by atoms with Crippen LogP contribution in [0.5, 0.6) is 5.75 Å². The van der Waals surface area contributed by atoms with Crippen LogP contribution in [-0.4, -0.2) is 23.3 Å². The molecule has 120 valence electrons. The Hall–Kier alpha value is -2.31. The van der Waals surface area contributed by atoms with E-state index in [-0.39, 0.29) is 0 Å². The summed E-state index contributed by atoms with van der Waals surface area (Å²) in [6.07, 6.45) is 1.45. The van der Waals surface area contributed by atoms with Gasteiger partial charge in [-0.05, 0) is 25.1 Å². The molecule has 0 aliphatic carbocycles. The molecular formula is C15H12Cl2N3O3-. The van der Waals surface area contributed by atoms with Gasteiger partial charge in [0.15, 0.2) is 5.82 Å². The summed E-state index contributed by atoms with van der Waals surface area (Å²) in [5, 5.41) is 15.4. The number of aliphatic carboxylic acids is 1. The van der Waals surface area contributed by atoms with Crippen LogP contribution >= 0.6 is 23.2 Å². The van der Waals surface area contributed by atoms with Crippen LogP contribution < -0.4 is 15.3 Å². The van der Waals surface area contributed by atoms with Gasteiger partial charge in [0.2, 0.25) is 0 Å². The average Bonchev–Trinajstić information content (AvgIpc) is 2.52. The summed E-state index contributed by atoms with van der Waals surface area (Å²) in [5.41, 5.74) is 4.13. The van der Waals surface area contributed by atoms with E-state index in [1.54, 1.807) is 31.2 Å². The summed E-state index contributed by atoms with van der Waals surface area (Å²) < 4.78 is 5.07. The fourth-order valence-electron chi connectivity index (χ4n) is 1.65. The molecule has 0 saturated carbocycles. The van der Waals surface area contributed by atoms with Crippen molar-refractivity contribution >= 4 is 40.7 Å². The van der Waals surface area contributed by atoms with Crippen molar-refractivity contribution in [1.29, 1.82) is 0 Å². The van der Waals surface area contributed by atoms with Crippen LogP contribution in [0, 0.1) is 0 Å². The largest absolute Gasteiger partial charge is 0.546 e. The molecule has 0 bridgehead atoms. The lowest BCUT2D eigenvalue weighted by molar-refractivity contribution is -0.307. The fraction of sp³-hybridized carbons (Fsp3) is 0.133. The van der Waals surface area contributed by atoms with E-state index in [1.807, 2.05) is 6.07 Å². The van der Waals surface area contributed by atoms with Crippen LogP contribution in [0.4, 0.5) is 5.82 Å². The van der Waals surface area contributed by atoms with Crippen molar-refractivity contribution in [2.75, 3.05) is 12.0 Å². The maximum Gasteiger partial charge on any atom is 0.165 e. The predicted octanol–water partition coefficient (Wildman–Crippen LogP) is 2.35. The number of aromatic nitrogens is 1. The summed E-state index contributed by atoms with van der Waals surface area (Å²) in [5.74, 6) is -0.505. The Balaban J connectivity index is 2.11. The van der Waals surface area contributed by atoms with Crippen molar-refractivity contribution in [3.8, 4) is 5.75 Å². The van der Waals surface area contributed by atoms with Crippen molar-refractivity contribution < 1.29 is 14.6 Å². The zero-order valence-electron chi connectivity index (χ0n) is 12.0. The van der Waals surface area contributed by atoms with E-state index in [9.17, 15) is 9.90 Å². The minimum atomic E-state index is -1.29. The van der Waals surface area contributed by atoms with E-state index in [1.165, 1.54) is 6.20 Å². The molecule has 0 radical (unpaired) electrons. The van der Waals surface area contributed by atoms with Gasteiger partial charge >= 0.3 is 0 Å². The molecule has 1 N–H and O–H groups in total. The lowest BCUT2D eigenvalue weighted by Gasteiger charge is -2.09. The number of anilines is 1. The number of nitrogens with one attached hydrogen (secondary N) is 1. The number of hydrogen-bond donors (Lipinski definition) is 1. The second-order valence-electron chi connectivity index (χ2n) is 4.48. The van der Waals surface area contributed by atoms with E-state index in [0.29, 0.717) is 27.3 Å². The third kappa shape index (κ3) is 5.12. The van der Waals surface area contributed by atoms with Gasteiger partial charge in [-0.2, -0.15) is 5.10 Å². The Morgan fingerprint density at radius 2 is 2.17 bits per heavy atom. The molecule has 0 atom stereocenters. The van der Waals surface area contributed by atoms with Crippen molar-refractivity contribution in [3.05, 3.63) is 52.1 Å². The number of carbonyl (C=O) groups excluding carboxylic acids is 1. The van der Waals surface area contributed by atoms with Crippen LogP contribution in [0.2, 0.25) is 10.0 Å². The monoisotopic (exact) mass is 352 g/mol. The Bertz CT molecular complexity index is 750. The van der Waals surface area contributed by atoms with Crippen LogP contribution in [0.3, 0.4) is 0 Å². The number of pyridine rings is 1. The molecule has 2 rings (SSSR count). The molecule has 0 saturated heterocycles. The molecule has 0 fully saturated rings. The second kappa shape index (κ2) is 7.80. The molecule has 0 amide bonds. The molecule has 1 aromatic heterocycles. The first-order chi connectivity index (χ1) is 11.0. The van der Waals surface area contributed by atoms with Gasteiger partial charge in [0.1, 0.15) is 12.4 Å². The number of nitrogens with zero attached hydrogens (tertiary/aromatic N) is 2. The Kier molecular flexibility index (Phi) is 5.78. The standard InChI is InChI=1S/C15H13Cl2N3O3/c1-9(19-20-15-13(17)6-11(16)7-18-15)10-3-2-4-12(5-10)23-8-14(21)22/h2-7H,8H2,1H3,(H,18,20)(H,21,22)/p-1/b19-9-. The van der Waals surface area contributed by atoms with Gasteiger partial charge in [0, 0.05) is 11.8 Å². The molecule has 6 nitrogen and oxygen atoms in total. The molecule has 0 spiro atoms. The second-order valence-corrected chi connectivity index (χ2v) is 5.33. The topological polar surface area (TPSA) is 86.6 Å². The number of carboxylic acid groups (broad SMARTS) is 1. The number of carbonyl (C=O) groups is 1. The normalized spacial score (nSPS) is 11.2. The average molecular weight is 353 g/mol. The van der Waals surface area contributed by atoms with Crippen molar-refractivity contribution in [1.82, 2.24) is 4.98 Å². The third-order valence-corrected chi connectivity index (χ3v) is 3.24. The van der Waals surface area contributed by atoms with Crippen molar-refractivity contribution in [2.45, 2.75) is 6.92 Å². The highest BCUT2D eigenvalue weighted by Gasteiger charge is 2.04. The number of halogens is 2. The van der Waals surface area contributed by atoms with E-state index >= 15 is 0 Å². The van der Waals surface area contributed by atoms with Crippen LogP contribution in [0.1, 0.15) is 12.5 Å². The van der Waals surface area contributed by atoms with Gasteiger partial charge < -0.3 is 14.6 Å². The number of hydrogen-bond acceptors (Lipinski definition) is 6. The Morgan fingerprint density at radius 1 is 1.39 bits per heavy atom. The summed E-state index contributed by atoms with van der Waals surface area (Å²) >= 11 is 11.8. The Labute approximate surface area is 142 Å². The zero-order chi connectivity index (χ0) is 16.8. The highest BCUT2D eigenvalue weighted by molar-refractivity contribution is 6.35. The number of hydrazone groups is 1. The molecule has 1 aromatic carbocycles. The first-order valence-corrected chi connectivity index (χ1v) is 7.25. The number of benzene rings is 1. The van der Waals surface area contributed by atoms with E-state index in [4.69, 9.17) is 27.9 Å². The van der Waals surface area contributed by atoms with Crippen molar-refractivity contribution in [2.24, 2.45) is 5.10 Å². The van der Waals surface area contributed by atoms with Crippen LogP contribution in [0.15, 0.2) is 41.6 Å². The van der Waals surface area contributed by atoms with Gasteiger partial charge in [0.25, 0.3) is 0 Å². The predicted molar refractivity (Wildman–Crippen MR) is 87.0 cm³/mol. The molecule has 8 heteroatoms. The zero-order valence-corrected chi connectivity index (χ0v) is 13.6. The number of carboxylic acids is 1. The molecule has 0 aliphatic rings. The molecular weight excluding hydrogens is 341 g/mol. The smallest absolute Gasteiger partial charge is 0.165 e. The van der Waals surface area contributed by atoms with Gasteiger partial charge in [-0.25, -0.2) is 4.98 Å². The molecule has 0 aliphatic heterocycles. The summed E-state index contributed by atoms with van der Waals surface area (Å²) in [7, 11) is 0. The molecule has 23 heavy (non-hydrogen) atoms. The fourth-order valence-corrected chi connectivity index (χ4v) is 2.07. The van der Waals surface area contributed by atoms with E-state index in [2.05, 4.69) is 15.5 Å². The van der Waals surface area contributed by atoms with Gasteiger partial charge in [0.05, 0.1) is 21.7 Å². The summed E-state index contributed by atoms with van der Waals surface area (Å²) in [4.78, 5) is 14.4. The third-order valence-electron chi connectivity index (χ3n) is 2.75. The van der Waals surface area contributed by atoms with Gasteiger partial charge in [-0.1, -0.05) is 35.3 Å². The lowest BCUT2D eigenvalue weighted by atomic mass is 10.1. The van der Waals surface area contributed by atoms with Crippen molar-refractivity contribution in [3.63, 3.8) is 0 Å². The first kappa shape index (κ1) is 17.1. The van der Waals surface area contributed by atoms with E-state index < -0.39 is 12.6 Å². The van der Waals surface area contributed by atoms with Crippen LogP contribution in [-0.2, 0) is 4.79 Å². The molecule has 2 aromatic rings. The van der Waals surface area contributed by atoms with Gasteiger partial charge in [-0.15, -0.1) is 0 Å². The summed E-state index contributed by atoms with van der Waals surface area (Å²) in [6, 6.07) is 8.40. The van der Waals surface area contributed by atoms with Gasteiger partial charge in [-0.3, -0.25) is 5.43 Å². The summed E-state index contributed by atoms with van der Waals surface area (Å²) in [6.45, 7) is 1.26. The number of rotatable bonds is 6. The number of ether oxygens (including phenoxy) is 1. The SMILES string of the molecule is C/C(=N/Nc1ncc(Cl)cc1Cl)c1cccc(OCC(=O)[O-])c1.